The topological polar surface area (TPSA) is 101 Å². The Hall–Kier alpha value is -3.42. The average molecular weight is 354 g/mol. The van der Waals surface area contributed by atoms with Gasteiger partial charge in [0.25, 0.3) is 5.91 Å². The molecule has 8 heteroatoms. The lowest BCUT2D eigenvalue weighted by Crippen LogP contribution is -2.34. The Morgan fingerprint density at radius 1 is 1.23 bits per heavy atom. The van der Waals surface area contributed by atoms with Crippen LogP contribution in [0.15, 0.2) is 48.7 Å². The molecule has 0 saturated carbocycles. The van der Waals surface area contributed by atoms with Crippen LogP contribution in [0, 0.1) is 0 Å². The third-order valence-corrected chi connectivity index (χ3v) is 3.95. The van der Waals surface area contributed by atoms with Crippen LogP contribution >= 0.6 is 0 Å². The van der Waals surface area contributed by atoms with Gasteiger partial charge in [0.15, 0.2) is 0 Å². The van der Waals surface area contributed by atoms with Crippen molar-refractivity contribution in [3.63, 3.8) is 0 Å². The monoisotopic (exact) mass is 354 g/mol. The first-order valence-corrected chi connectivity index (χ1v) is 8.03. The Morgan fingerprint density at radius 2 is 2.00 bits per heavy atom. The van der Waals surface area contributed by atoms with Gasteiger partial charge in [-0.25, -0.2) is 9.78 Å². The zero-order valence-corrected chi connectivity index (χ0v) is 14.1. The number of urea groups is 1. The van der Waals surface area contributed by atoms with Gasteiger partial charge in [0, 0.05) is 11.8 Å². The lowest BCUT2D eigenvalue weighted by Gasteiger charge is -2.15. The molecule has 0 spiro atoms. The van der Waals surface area contributed by atoms with Gasteiger partial charge in [0.05, 0.1) is 20.1 Å². The largest absolute Gasteiger partial charge is 0.496 e. The molecule has 4 amide bonds. The van der Waals surface area contributed by atoms with Gasteiger partial charge in [0.2, 0.25) is 5.91 Å². The molecule has 3 rings (SSSR count). The molecular weight excluding hydrogens is 336 g/mol. The molecule has 1 atom stereocenters. The second-order valence-corrected chi connectivity index (χ2v) is 5.71. The van der Waals surface area contributed by atoms with Gasteiger partial charge in [0.1, 0.15) is 17.6 Å². The molecule has 2 N–H and O–H groups in total. The highest BCUT2D eigenvalue weighted by Crippen LogP contribution is 2.22. The molecule has 1 aromatic heterocycles. The van der Waals surface area contributed by atoms with Crippen LogP contribution in [0.25, 0.3) is 0 Å². The van der Waals surface area contributed by atoms with Crippen LogP contribution < -0.4 is 15.4 Å². The minimum atomic E-state index is -0.902. The SMILES string of the molecule is COc1ccccc1CN1C(=O)N[C@@H](CC(=O)Nc2ccccn2)C1=O. The first-order valence-electron chi connectivity index (χ1n) is 8.03. The third kappa shape index (κ3) is 3.80. The number of hydrogen-bond acceptors (Lipinski definition) is 5. The summed E-state index contributed by atoms with van der Waals surface area (Å²) < 4.78 is 5.24. The van der Waals surface area contributed by atoms with Crippen molar-refractivity contribution in [2.75, 3.05) is 12.4 Å². The molecule has 8 nitrogen and oxygen atoms in total. The summed E-state index contributed by atoms with van der Waals surface area (Å²) in [6.45, 7) is 0.0764. The Bertz CT molecular complexity index is 825. The molecule has 0 bridgehead atoms. The van der Waals surface area contributed by atoms with E-state index in [1.807, 2.05) is 0 Å². The van der Waals surface area contributed by atoms with Crippen molar-refractivity contribution < 1.29 is 19.1 Å². The molecule has 2 heterocycles. The summed E-state index contributed by atoms with van der Waals surface area (Å²) in [7, 11) is 1.52. The molecule has 134 valence electrons. The van der Waals surface area contributed by atoms with E-state index in [9.17, 15) is 14.4 Å². The number of hydrogen-bond donors (Lipinski definition) is 2. The second kappa shape index (κ2) is 7.64. The van der Waals surface area contributed by atoms with Crippen molar-refractivity contribution in [3.8, 4) is 5.75 Å². The molecule has 0 radical (unpaired) electrons. The maximum Gasteiger partial charge on any atom is 0.325 e. The van der Waals surface area contributed by atoms with E-state index in [0.717, 1.165) is 4.90 Å². The van der Waals surface area contributed by atoms with E-state index in [4.69, 9.17) is 4.74 Å². The Morgan fingerprint density at radius 3 is 2.73 bits per heavy atom. The maximum atomic E-state index is 12.5. The molecule has 1 fully saturated rings. The summed E-state index contributed by atoms with van der Waals surface area (Å²) in [5.74, 6) is 0.128. The van der Waals surface area contributed by atoms with Crippen LogP contribution in [-0.4, -0.2) is 40.9 Å². The van der Waals surface area contributed by atoms with Crippen molar-refractivity contribution in [1.29, 1.82) is 0 Å². The van der Waals surface area contributed by atoms with E-state index in [0.29, 0.717) is 17.1 Å². The smallest absolute Gasteiger partial charge is 0.325 e. The molecule has 2 aromatic rings. The van der Waals surface area contributed by atoms with Gasteiger partial charge < -0.3 is 15.4 Å². The number of pyridine rings is 1. The van der Waals surface area contributed by atoms with Crippen LogP contribution in [0.1, 0.15) is 12.0 Å². The zero-order valence-electron chi connectivity index (χ0n) is 14.1. The molecule has 1 saturated heterocycles. The number of ether oxygens (including phenoxy) is 1. The normalized spacial score (nSPS) is 16.3. The Balaban J connectivity index is 1.64. The highest BCUT2D eigenvalue weighted by molar-refractivity contribution is 6.06. The van der Waals surface area contributed by atoms with Crippen molar-refractivity contribution >= 4 is 23.7 Å². The first-order chi connectivity index (χ1) is 12.6. The number of rotatable bonds is 6. The average Bonchev–Trinajstić information content (AvgIpc) is 2.90. The molecule has 1 aromatic carbocycles. The number of nitrogens with zero attached hydrogens (tertiary/aromatic N) is 2. The van der Waals surface area contributed by atoms with E-state index in [1.165, 1.54) is 7.11 Å². The maximum absolute atomic E-state index is 12.5. The van der Waals surface area contributed by atoms with Crippen molar-refractivity contribution in [3.05, 3.63) is 54.2 Å². The molecule has 0 aliphatic carbocycles. The highest BCUT2D eigenvalue weighted by atomic mass is 16.5. The summed E-state index contributed by atoms with van der Waals surface area (Å²) in [5.41, 5.74) is 0.706. The van der Waals surface area contributed by atoms with E-state index in [-0.39, 0.29) is 13.0 Å². The lowest BCUT2D eigenvalue weighted by atomic mass is 10.1. The van der Waals surface area contributed by atoms with Gasteiger partial charge in [-0.3, -0.25) is 14.5 Å². The zero-order chi connectivity index (χ0) is 18.5. The van der Waals surface area contributed by atoms with Crippen LogP contribution in [0.4, 0.5) is 10.6 Å². The molecule has 0 unspecified atom stereocenters. The van der Waals surface area contributed by atoms with E-state index >= 15 is 0 Å². The first kappa shape index (κ1) is 17.4. The number of carbonyl (C=O) groups is 3. The van der Waals surface area contributed by atoms with Gasteiger partial charge in [-0.2, -0.15) is 0 Å². The molecular formula is C18H18N4O4. The number of nitrogens with one attached hydrogen (secondary N) is 2. The van der Waals surface area contributed by atoms with Gasteiger partial charge in [-0.05, 0) is 18.2 Å². The van der Waals surface area contributed by atoms with Crippen LogP contribution in [0.5, 0.6) is 5.75 Å². The summed E-state index contributed by atoms with van der Waals surface area (Å²) in [5, 5.41) is 5.14. The van der Waals surface area contributed by atoms with Crippen LogP contribution in [0.3, 0.4) is 0 Å². The fraction of sp³-hybridized carbons (Fsp3) is 0.222. The standard InChI is InChI=1S/C18H18N4O4/c1-26-14-7-3-2-6-12(14)11-22-17(24)13(20-18(22)25)10-16(23)21-15-8-4-5-9-19-15/h2-9,13H,10-11H2,1H3,(H,20,25)(H,19,21,23)/t13-/m0/s1. The van der Waals surface area contributed by atoms with Crippen molar-refractivity contribution in [1.82, 2.24) is 15.2 Å². The number of anilines is 1. The van der Waals surface area contributed by atoms with Crippen molar-refractivity contribution in [2.24, 2.45) is 0 Å². The highest BCUT2D eigenvalue weighted by Gasteiger charge is 2.39. The Kier molecular flexibility index (Phi) is 5.12. The minimum absolute atomic E-state index is 0.0764. The van der Waals surface area contributed by atoms with Gasteiger partial charge >= 0.3 is 6.03 Å². The molecule has 1 aliphatic rings. The fourth-order valence-corrected chi connectivity index (χ4v) is 2.68. The quantitative estimate of drug-likeness (QED) is 0.767. The van der Waals surface area contributed by atoms with Crippen LogP contribution in [0.2, 0.25) is 0 Å². The van der Waals surface area contributed by atoms with E-state index < -0.39 is 23.9 Å². The number of benzene rings is 1. The van der Waals surface area contributed by atoms with Gasteiger partial charge in [-0.15, -0.1) is 0 Å². The number of aromatic nitrogens is 1. The summed E-state index contributed by atoms with van der Waals surface area (Å²) in [6, 6.07) is 10.8. The second-order valence-electron chi connectivity index (χ2n) is 5.71. The molecule has 1 aliphatic heterocycles. The minimum Gasteiger partial charge on any atom is -0.496 e. The lowest BCUT2D eigenvalue weighted by molar-refractivity contribution is -0.130. The summed E-state index contributed by atoms with van der Waals surface area (Å²) in [4.78, 5) is 41.8. The van der Waals surface area contributed by atoms with Gasteiger partial charge in [-0.1, -0.05) is 24.3 Å². The van der Waals surface area contributed by atoms with E-state index in [1.54, 1.807) is 48.7 Å². The number of methoxy groups -OCH3 is 1. The summed E-state index contributed by atoms with van der Waals surface area (Å²) >= 11 is 0. The van der Waals surface area contributed by atoms with Crippen LogP contribution in [-0.2, 0) is 16.1 Å². The van der Waals surface area contributed by atoms with E-state index in [2.05, 4.69) is 15.6 Å². The number of carbonyl (C=O) groups excluding carboxylic acids is 3. The summed E-state index contributed by atoms with van der Waals surface area (Å²) in [6.07, 6.45) is 1.39. The number of para-hydroxylation sites is 1. The third-order valence-electron chi connectivity index (χ3n) is 3.95. The number of imide groups is 1. The predicted molar refractivity (Wildman–Crippen MR) is 93.3 cm³/mol. The Labute approximate surface area is 150 Å². The van der Waals surface area contributed by atoms with Crippen molar-refractivity contribution in [2.45, 2.75) is 19.0 Å². The fourth-order valence-electron chi connectivity index (χ4n) is 2.68. The number of amides is 4. The predicted octanol–water partition coefficient (Wildman–Crippen LogP) is 1.54. The molecule has 26 heavy (non-hydrogen) atoms.